The van der Waals surface area contributed by atoms with Crippen LogP contribution in [0.3, 0.4) is 0 Å². The largest absolute Gasteiger partial charge is 0.497 e. The molecule has 2 N–H and O–H groups in total. The second-order valence-electron chi connectivity index (χ2n) is 12.2. The lowest BCUT2D eigenvalue weighted by molar-refractivity contribution is -0.140. The Kier molecular flexibility index (Phi) is 15.6. The molecule has 5 aromatic rings. The Morgan fingerprint density at radius 3 is 1.93 bits per heavy atom. The second kappa shape index (κ2) is 20.8. The number of hydrogen-bond donors (Lipinski definition) is 2. The van der Waals surface area contributed by atoms with Crippen LogP contribution in [0.1, 0.15) is 48.5 Å². The number of carbonyl (C=O) groups is 3. The van der Waals surface area contributed by atoms with Crippen LogP contribution in [0.5, 0.6) is 23.0 Å². The summed E-state index contributed by atoms with van der Waals surface area (Å²) >= 11 is 0. The van der Waals surface area contributed by atoms with Gasteiger partial charge in [0.2, 0.25) is 5.89 Å². The highest BCUT2D eigenvalue weighted by Crippen LogP contribution is 2.26. The van der Waals surface area contributed by atoms with Gasteiger partial charge >= 0.3 is 18.0 Å². The fourth-order valence-corrected chi connectivity index (χ4v) is 5.28. The Labute approximate surface area is 320 Å². The van der Waals surface area contributed by atoms with E-state index in [1.165, 1.54) is 14.2 Å². The summed E-state index contributed by atoms with van der Waals surface area (Å²) in [5, 5.41) is 12.5. The first kappa shape index (κ1) is 41.4. The number of methoxy groups -OCH3 is 3. The molecule has 0 bridgehead atoms. The molecule has 0 spiro atoms. The third kappa shape index (κ3) is 12.6. The van der Waals surface area contributed by atoms with Crippen molar-refractivity contribution in [2.45, 2.75) is 39.3 Å². The van der Waals surface area contributed by atoms with E-state index in [2.05, 4.69) is 15.0 Å². The molecule has 0 aliphatic heterocycles. The predicted molar refractivity (Wildman–Crippen MR) is 206 cm³/mol. The molecule has 0 aliphatic rings. The second-order valence-corrected chi connectivity index (χ2v) is 12.2. The van der Waals surface area contributed by atoms with E-state index in [0.717, 1.165) is 38.8 Å². The lowest BCUT2D eigenvalue weighted by Crippen LogP contribution is -2.39. The molecule has 1 aromatic heterocycles. The Bertz CT molecular complexity index is 1950. The lowest BCUT2D eigenvalue weighted by Gasteiger charge is -2.27. The van der Waals surface area contributed by atoms with Gasteiger partial charge in [-0.1, -0.05) is 42.5 Å². The van der Waals surface area contributed by atoms with Crippen LogP contribution in [0.4, 0.5) is 4.79 Å². The minimum atomic E-state index is -1.15. The molecule has 0 aliphatic carbocycles. The van der Waals surface area contributed by atoms with Crippen molar-refractivity contribution in [3.8, 4) is 34.5 Å². The number of nitrogens with zero attached hydrogens (tertiary/aromatic N) is 2. The monoisotopic (exact) mass is 753 g/mol. The molecule has 0 radical (unpaired) electrons. The minimum absolute atomic E-state index is 0.102. The van der Waals surface area contributed by atoms with Crippen molar-refractivity contribution in [2.75, 3.05) is 41.0 Å². The van der Waals surface area contributed by atoms with Crippen molar-refractivity contribution >= 4 is 18.0 Å². The molecule has 13 nitrogen and oxygen atoms in total. The number of rotatable bonds is 16. The van der Waals surface area contributed by atoms with E-state index in [9.17, 15) is 19.5 Å². The van der Waals surface area contributed by atoms with E-state index >= 15 is 0 Å². The number of aliphatic carboxylic acids is 1. The van der Waals surface area contributed by atoms with Gasteiger partial charge in [-0.3, -0.25) is 14.5 Å². The molecule has 0 saturated carbocycles. The van der Waals surface area contributed by atoms with Gasteiger partial charge in [0.05, 0.1) is 46.2 Å². The third-order valence-corrected chi connectivity index (χ3v) is 8.55. The molecular weight excluding hydrogens is 706 g/mol. The van der Waals surface area contributed by atoms with Crippen LogP contribution >= 0.6 is 0 Å². The van der Waals surface area contributed by atoms with Crippen molar-refractivity contribution < 1.29 is 47.6 Å². The van der Waals surface area contributed by atoms with Crippen LogP contribution in [0, 0.1) is 6.92 Å². The van der Waals surface area contributed by atoms with Gasteiger partial charge in [0.25, 0.3) is 0 Å². The quantitative estimate of drug-likeness (QED) is 0.0961. The highest BCUT2D eigenvalue weighted by Gasteiger charge is 2.26. The molecule has 290 valence electrons. The minimum Gasteiger partial charge on any atom is -0.497 e. The number of aromatic nitrogens is 1. The first-order chi connectivity index (χ1) is 26.5. The number of carboxylic acid groups (broad SMARTS) is 1. The average Bonchev–Trinajstić information content (AvgIpc) is 3.59. The van der Waals surface area contributed by atoms with E-state index in [0.29, 0.717) is 30.4 Å². The molecule has 13 heteroatoms. The third-order valence-electron chi connectivity index (χ3n) is 8.55. The Hall–Kier alpha value is -6.34. The molecule has 2 unspecified atom stereocenters. The number of aryl methyl sites for hydroxylation is 1. The summed E-state index contributed by atoms with van der Waals surface area (Å²) in [5.74, 6) is 2.28. The Morgan fingerprint density at radius 1 is 0.782 bits per heavy atom. The summed E-state index contributed by atoms with van der Waals surface area (Å²) in [4.78, 5) is 41.0. The molecule has 0 fully saturated rings. The number of esters is 1. The summed E-state index contributed by atoms with van der Waals surface area (Å²) in [6, 6.07) is 30.6. The molecular formula is C42H47N3O10. The summed E-state index contributed by atoms with van der Waals surface area (Å²) in [7, 11) is 4.54. The van der Waals surface area contributed by atoms with Crippen LogP contribution in [-0.4, -0.2) is 74.0 Å². The number of carbonyl (C=O) groups excluding carboxylic acids is 2. The van der Waals surface area contributed by atoms with Crippen LogP contribution < -0.4 is 24.3 Å². The zero-order valence-corrected chi connectivity index (χ0v) is 31.8. The van der Waals surface area contributed by atoms with E-state index in [4.69, 9.17) is 23.4 Å². The lowest BCUT2D eigenvalue weighted by atomic mass is 10.1. The van der Waals surface area contributed by atoms with Gasteiger partial charge < -0.3 is 38.5 Å². The Balaban J connectivity index is 0.000000352. The van der Waals surface area contributed by atoms with Crippen molar-refractivity contribution in [1.29, 1.82) is 0 Å². The first-order valence-electron chi connectivity index (χ1n) is 17.5. The molecule has 4 aromatic carbocycles. The van der Waals surface area contributed by atoms with Gasteiger partial charge in [-0.05, 0) is 92.6 Å². The van der Waals surface area contributed by atoms with Crippen molar-refractivity contribution in [2.24, 2.45) is 0 Å². The Morgan fingerprint density at radius 2 is 1.35 bits per heavy atom. The zero-order valence-electron chi connectivity index (χ0n) is 31.8. The van der Waals surface area contributed by atoms with Crippen molar-refractivity contribution in [3.63, 3.8) is 0 Å². The van der Waals surface area contributed by atoms with E-state index in [-0.39, 0.29) is 24.3 Å². The number of amides is 1. The highest BCUT2D eigenvalue weighted by atomic mass is 16.6. The average molecular weight is 754 g/mol. The summed E-state index contributed by atoms with van der Waals surface area (Å²) < 4.78 is 31.8. The zero-order chi connectivity index (χ0) is 39.7. The molecule has 1 amide bonds. The maximum absolute atomic E-state index is 12.9. The molecule has 1 heterocycles. The van der Waals surface area contributed by atoms with Crippen LogP contribution in [0.25, 0.3) is 11.5 Å². The van der Waals surface area contributed by atoms with Gasteiger partial charge in [0, 0.05) is 18.0 Å². The number of carboxylic acids is 1. The van der Waals surface area contributed by atoms with Gasteiger partial charge in [-0.15, -0.1) is 0 Å². The molecule has 0 saturated heterocycles. The number of oxazole rings is 1. The van der Waals surface area contributed by atoms with Crippen molar-refractivity contribution in [3.05, 3.63) is 126 Å². The SMILES string of the molecule is COC(=O)CNC(C)c1ccc(OC)cc1.COc1ccc(OC(=O)N(CC(=O)O)C(C)c2ccc(OCCc3nc(-c4ccccc4)oc3C)cc2)cc1. The van der Waals surface area contributed by atoms with Gasteiger partial charge in [0.1, 0.15) is 35.3 Å². The van der Waals surface area contributed by atoms with Crippen LogP contribution in [0.2, 0.25) is 0 Å². The fourth-order valence-electron chi connectivity index (χ4n) is 5.28. The van der Waals surface area contributed by atoms with Gasteiger partial charge in [-0.25, -0.2) is 9.78 Å². The standard InChI is InChI=1S/C30H30N2O7.C12H17NO3/c1-20(32(19-28(33)34)30(35)39-26-15-13-24(36-3)14-16-26)22-9-11-25(12-10-22)37-18-17-27-21(2)38-29(31-27)23-7-5-4-6-8-23;1-9(13-8-12(14)16-3)10-4-6-11(15-2)7-5-10/h4-16,20H,17-19H2,1-3H3,(H,33,34);4-7,9,13H,8H2,1-3H3. The van der Waals surface area contributed by atoms with E-state index in [1.807, 2.05) is 68.4 Å². The maximum Gasteiger partial charge on any atom is 0.416 e. The number of benzene rings is 4. The van der Waals surface area contributed by atoms with E-state index < -0.39 is 24.6 Å². The van der Waals surface area contributed by atoms with E-state index in [1.54, 1.807) is 62.6 Å². The van der Waals surface area contributed by atoms with Crippen LogP contribution in [0.15, 0.2) is 108 Å². The summed E-state index contributed by atoms with van der Waals surface area (Å²) in [5.41, 5.74) is 3.58. The predicted octanol–water partition coefficient (Wildman–Crippen LogP) is 7.45. The molecule has 5 rings (SSSR count). The smallest absolute Gasteiger partial charge is 0.416 e. The number of hydrogen-bond acceptors (Lipinski definition) is 11. The van der Waals surface area contributed by atoms with Crippen molar-refractivity contribution in [1.82, 2.24) is 15.2 Å². The fraction of sp³-hybridized carbons (Fsp3) is 0.286. The topological polar surface area (TPSA) is 159 Å². The maximum atomic E-state index is 12.9. The first-order valence-corrected chi connectivity index (χ1v) is 17.5. The summed E-state index contributed by atoms with van der Waals surface area (Å²) in [6.07, 6.45) is -0.197. The molecule has 2 atom stereocenters. The van der Waals surface area contributed by atoms with Gasteiger partial charge in [0.15, 0.2) is 0 Å². The van der Waals surface area contributed by atoms with Gasteiger partial charge in [-0.2, -0.15) is 0 Å². The molecule has 55 heavy (non-hydrogen) atoms. The normalized spacial score (nSPS) is 11.6. The number of ether oxygens (including phenoxy) is 5. The summed E-state index contributed by atoms with van der Waals surface area (Å²) in [6.45, 7) is 5.71. The number of nitrogens with one attached hydrogen (secondary N) is 1. The highest BCUT2D eigenvalue weighted by molar-refractivity contribution is 5.78. The van der Waals surface area contributed by atoms with Crippen LogP contribution in [-0.2, 0) is 20.7 Å².